The van der Waals surface area contributed by atoms with E-state index in [1.165, 1.54) is 0 Å². The van der Waals surface area contributed by atoms with Gasteiger partial charge < -0.3 is 19.3 Å². The highest BCUT2D eigenvalue weighted by Crippen LogP contribution is 2.33. The molecule has 0 atom stereocenters. The van der Waals surface area contributed by atoms with Crippen LogP contribution in [0.5, 0.6) is 5.75 Å². The Morgan fingerprint density at radius 2 is 1.94 bits per heavy atom. The number of ether oxygens (including phenoxy) is 2. The van der Waals surface area contributed by atoms with Gasteiger partial charge in [0.05, 0.1) is 29.4 Å². The van der Waals surface area contributed by atoms with E-state index in [2.05, 4.69) is 15.5 Å². The number of hydrogen-bond donors (Lipinski definition) is 1. The molecule has 0 fully saturated rings. The number of fused-ring (bicyclic) bond motifs is 1. The number of carbonyl (C=O) groups is 2. The van der Waals surface area contributed by atoms with E-state index in [1.54, 1.807) is 31.4 Å². The minimum atomic E-state index is -0.646. The van der Waals surface area contributed by atoms with Crippen molar-refractivity contribution in [3.05, 3.63) is 63.0 Å². The molecule has 9 heteroatoms. The van der Waals surface area contributed by atoms with Crippen LogP contribution in [0.25, 0.3) is 22.4 Å². The van der Waals surface area contributed by atoms with Gasteiger partial charge in [-0.25, -0.2) is 9.78 Å². The van der Waals surface area contributed by atoms with Gasteiger partial charge in [-0.1, -0.05) is 23.4 Å². The lowest BCUT2D eigenvalue weighted by molar-refractivity contribution is -0.124. The Balaban J connectivity index is 1.51. The summed E-state index contributed by atoms with van der Waals surface area (Å²) in [4.78, 5) is 32.0. The molecular formula is C24H23N3O5S. The zero-order valence-electron chi connectivity index (χ0n) is 18.7. The number of carbonyl (C=O) groups excluding carboxylic acids is 2. The number of methoxy groups -OCH3 is 1. The number of esters is 1. The summed E-state index contributed by atoms with van der Waals surface area (Å²) in [6, 6.07) is 11.0. The fourth-order valence-electron chi connectivity index (χ4n) is 3.58. The molecule has 0 aliphatic carbocycles. The summed E-state index contributed by atoms with van der Waals surface area (Å²) in [5, 5.41) is 7.15. The molecule has 4 rings (SSSR count). The van der Waals surface area contributed by atoms with Crippen LogP contribution in [0.4, 0.5) is 0 Å². The van der Waals surface area contributed by atoms with Crippen molar-refractivity contribution in [2.75, 3.05) is 13.7 Å². The summed E-state index contributed by atoms with van der Waals surface area (Å²) in [6.45, 7) is 5.56. The zero-order valence-corrected chi connectivity index (χ0v) is 19.5. The molecule has 0 saturated carbocycles. The van der Waals surface area contributed by atoms with E-state index in [9.17, 15) is 9.59 Å². The first kappa shape index (κ1) is 22.5. The Kier molecular flexibility index (Phi) is 6.41. The van der Waals surface area contributed by atoms with E-state index < -0.39 is 18.5 Å². The predicted molar refractivity (Wildman–Crippen MR) is 124 cm³/mol. The fraction of sp³-hybridized carbons (Fsp3) is 0.250. The number of nitrogens with zero attached hydrogens (tertiary/aromatic N) is 2. The van der Waals surface area contributed by atoms with Crippen LogP contribution in [0.15, 0.2) is 40.9 Å². The van der Waals surface area contributed by atoms with Crippen molar-refractivity contribution < 1.29 is 23.6 Å². The van der Waals surface area contributed by atoms with Gasteiger partial charge in [0.15, 0.2) is 6.61 Å². The van der Waals surface area contributed by atoms with Gasteiger partial charge in [-0.2, -0.15) is 0 Å². The van der Waals surface area contributed by atoms with E-state index in [0.29, 0.717) is 22.5 Å². The van der Waals surface area contributed by atoms with Crippen molar-refractivity contribution >= 4 is 34.3 Å². The molecule has 3 aromatic heterocycles. The first-order valence-corrected chi connectivity index (χ1v) is 11.1. The van der Waals surface area contributed by atoms with Crippen LogP contribution in [0.3, 0.4) is 0 Å². The number of aromatic nitrogens is 2. The molecule has 0 saturated heterocycles. The van der Waals surface area contributed by atoms with Crippen LogP contribution in [0.1, 0.15) is 31.4 Å². The molecule has 0 unspecified atom stereocenters. The van der Waals surface area contributed by atoms with E-state index in [1.807, 2.05) is 44.2 Å². The van der Waals surface area contributed by atoms with Gasteiger partial charge in [0, 0.05) is 27.4 Å². The van der Waals surface area contributed by atoms with Crippen LogP contribution < -0.4 is 10.1 Å². The minimum absolute atomic E-state index is 0.251. The lowest BCUT2D eigenvalue weighted by atomic mass is 10.1. The summed E-state index contributed by atoms with van der Waals surface area (Å²) >= 11 is 1.64. The average molecular weight is 466 g/mol. The summed E-state index contributed by atoms with van der Waals surface area (Å²) < 4.78 is 15.9. The second-order valence-electron chi connectivity index (χ2n) is 7.49. The summed E-state index contributed by atoms with van der Waals surface area (Å²) in [5.74, 6) is -0.401. The van der Waals surface area contributed by atoms with Crippen LogP contribution in [0, 0.1) is 20.8 Å². The third kappa shape index (κ3) is 4.73. The number of amides is 1. The SMILES string of the molecule is COc1ccccc1CNC(=O)COC(=O)c1cc(-c2cc(C)sc2C)nc2onc(C)c12. The van der Waals surface area contributed by atoms with Crippen molar-refractivity contribution in [2.24, 2.45) is 0 Å². The second-order valence-corrected chi connectivity index (χ2v) is 8.96. The Morgan fingerprint density at radius 1 is 1.15 bits per heavy atom. The van der Waals surface area contributed by atoms with Crippen LogP contribution in [0.2, 0.25) is 0 Å². The monoisotopic (exact) mass is 465 g/mol. The summed E-state index contributed by atoms with van der Waals surface area (Å²) in [7, 11) is 1.57. The van der Waals surface area contributed by atoms with Crippen molar-refractivity contribution in [3.63, 3.8) is 0 Å². The minimum Gasteiger partial charge on any atom is -0.496 e. The van der Waals surface area contributed by atoms with E-state index in [-0.39, 0.29) is 17.8 Å². The number of nitrogens with one attached hydrogen (secondary N) is 1. The number of para-hydroxylation sites is 1. The largest absolute Gasteiger partial charge is 0.496 e. The molecule has 0 radical (unpaired) electrons. The van der Waals surface area contributed by atoms with Crippen molar-refractivity contribution in [3.8, 4) is 17.0 Å². The van der Waals surface area contributed by atoms with Gasteiger partial charge >= 0.3 is 5.97 Å². The van der Waals surface area contributed by atoms with Crippen molar-refractivity contribution in [2.45, 2.75) is 27.3 Å². The Morgan fingerprint density at radius 3 is 2.67 bits per heavy atom. The number of thiophene rings is 1. The maximum atomic E-state index is 12.9. The highest BCUT2D eigenvalue weighted by molar-refractivity contribution is 7.12. The maximum Gasteiger partial charge on any atom is 0.339 e. The van der Waals surface area contributed by atoms with E-state index >= 15 is 0 Å². The van der Waals surface area contributed by atoms with Crippen LogP contribution in [-0.2, 0) is 16.1 Å². The third-order valence-electron chi connectivity index (χ3n) is 5.16. The van der Waals surface area contributed by atoms with Gasteiger partial charge in [0.2, 0.25) is 0 Å². The molecule has 170 valence electrons. The second kappa shape index (κ2) is 9.41. The van der Waals surface area contributed by atoms with Gasteiger partial charge in [-0.05, 0) is 39.0 Å². The average Bonchev–Trinajstić information content (AvgIpc) is 3.36. The smallest absolute Gasteiger partial charge is 0.339 e. The molecule has 0 bridgehead atoms. The number of rotatable bonds is 7. The third-order valence-corrected chi connectivity index (χ3v) is 6.12. The quantitative estimate of drug-likeness (QED) is 0.405. The van der Waals surface area contributed by atoms with Crippen molar-refractivity contribution in [1.82, 2.24) is 15.5 Å². The van der Waals surface area contributed by atoms with E-state index in [4.69, 9.17) is 14.0 Å². The number of pyridine rings is 1. The number of aryl methyl sites for hydroxylation is 3. The Bertz CT molecular complexity index is 1340. The van der Waals surface area contributed by atoms with Crippen LogP contribution in [-0.4, -0.2) is 35.7 Å². The molecule has 3 heterocycles. The molecule has 8 nitrogen and oxygen atoms in total. The predicted octanol–water partition coefficient (Wildman–Crippen LogP) is 4.36. The Labute approximate surface area is 194 Å². The maximum absolute atomic E-state index is 12.9. The van der Waals surface area contributed by atoms with Gasteiger partial charge in [-0.3, -0.25) is 4.79 Å². The number of hydrogen-bond acceptors (Lipinski definition) is 8. The van der Waals surface area contributed by atoms with Crippen molar-refractivity contribution in [1.29, 1.82) is 0 Å². The van der Waals surface area contributed by atoms with E-state index in [0.717, 1.165) is 20.9 Å². The molecule has 4 aromatic rings. The normalized spacial score (nSPS) is 10.9. The molecule has 0 spiro atoms. The molecule has 1 N–H and O–H groups in total. The van der Waals surface area contributed by atoms with Gasteiger partial charge in [-0.15, -0.1) is 11.3 Å². The molecular weight excluding hydrogens is 442 g/mol. The first-order chi connectivity index (χ1) is 15.9. The highest BCUT2D eigenvalue weighted by Gasteiger charge is 2.22. The lowest BCUT2D eigenvalue weighted by Gasteiger charge is -2.10. The Hall–Kier alpha value is -3.72. The zero-order chi connectivity index (χ0) is 23.5. The fourth-order valence-corrected chi connectivity index (χ4v) is 4.51. The summed E-state index contributed by atoms with van der Waals surface area (Å²) in [6.07, 6.45) is 0. The molecule has 1 aromatic carbocycles. The number of benzene rings is 1. The first-order valence-electron chi connectivity index (χ1n) is 10.3. The molecule has 0 aliphatic rings. The molecule has 33 heavy (non-hydrogen) atoms. The summed E-state index contributed by atoms with van der Waals surface area (Å²) in [5.41, 5.74) is 3.36. The molecule has 0 aliphatic heterocycles. The van der Waals surface area contributed by atoms with Gasteiger partial charge in [0.25, 0.3) is 11.6 Å². The lowest BCUT2D eigenvalue weighted by Crippen LogP contribution is -2.28. The van der Waals surface area contributed by atoms with Crippen LogP contribution >= 0.6 is 11.3 Å². The highest BCUT2D eigenvalue weighted by atomic mass is 32.1. The molecule has 1 amide bonds. The van der Waals surface area contributed by atoms with Gasteiger partial charge in [0.1, 0.15) is 5.75 Å². The topological polar surface area (TPSA) is 104 Å². The standard InChI is InChI=1S/C24H23N3O5S/c1-13-9-17(15(3)33-13)19-10-18(22-14(2)27-32-23(22)26-19)24(29)31-12-21(28)25-11-16-7-5-6-8-20(16)30-4/h5-10H,11-12H2,1-4H3,(H,25,28).